The second kappa shape index (κ2) is 10.4. The smallest absolute Gasteiger partial charge is 0.200 e. The van der Waals surface area contributed by atoms with Crippen molar-refractivity contribution < 1.29 is 40.6 Å². The van der Waals surface area contributed by atoms with Crippen LogP contribution in [0.1, 0.15) is 54.4 Å². The Kier molecular flexibility index (Phi) is 7.18. The number of ether oxygens (including phenoxy) is 3. The first kappa shape index (κ1) is 25.6. The van der Waals surface area contributed by atoms with Crippen LogP contribution < -0.4 is 4.74 Å². The van der Waals surface area contributed by atoms with E-state index >= 15 is 0 Å². The van der Waals surface area contributed by atoms with Crippen molar-refractivity contribution in [3.05, 3.63) is 88.0 Å². The van der Waals surface area contributed by atoms with Crippen LogP contribution in [0.4, 0.5) is 26.3 Å². The van der Waals surface area contributed by atoms with Gasteiger partial charge in [0.25, 0.3) is 0 Å². The monoisotopic (exact) mass is 522 g/mol. The SMILES string of the molecule is COc1ccc(C2CCC(OCc3ccc(-c4ccc(C5CO5)c(F)c4F)c(F)c3F)CC2)c(F)c1F. The third-order valence-electron chi connectivity index (χ3n) is 7.13. The van der Waals surface area contributed by atoms with Crippen LogP contribution in [0.15, 0.2) is 36.4 Å². The molecule has 1 aliphatic carbocycles. The molecule has 0 radical (unpaired) electrons. The predicted molar refractivity (Wildman–Crippen MR) is 123 cm³/mol. The Morgan fingerprint density at radius 3 is 1.95 bits per heavy atom. The molecule has 196 valence electrons. The Balaban J connectivity index is 1.23. The molecule has 3 aromatic rings. The summed E-state index contributed by atoms with van der Waals surface area (Å²) in [6.07, 6.45) is 1.35. The van der Waals surface area contributed by atoms with Crippen molar-refractivity contribution in [1.29, 1.82) is 0 Å². The summed E-state index contributed by atoms with van der Waals surface area (Å²) in [4.78, 5) is 0. The largest absolute Gasteiger partial charge is 0.494 e. The van der Waals surface area contributed by atoms with Crippen LogP contribution >= 0.6 is 0 Å². The van der Waals surface area contributed by atoms with Crippen molar-refractivity contribution in [2.45, 2.75) is 50.4 Å². The Labute approximate surface area is 210 Å². The van der Waals surface area contributed by atoms with Crippen molar-refractivity contribution in [3.63, 3.8) is 0 Å². The van der Waals surface area contributed by atoms with E-state index < -0.39 is 46.6 Å². The van der Waals surface area contributed by atoms with Crippen molar-refractivity contribution in [2.24, 2.45) is 0 Å². The zero-order chi connectivity index (χ0) is 26.3. The van der Waals surface area contributed by atoms with Gasteiger partial charge in [0, 0.05) is 22.3 Å². The van der Waals surface area contributed by atoms with Crippen molar-refractivity contribution in [1.82, 2.24) is 0 Å². The maximum absolute atomic E-state index is 14.8. The number of hydrogen-bond donors (Lipinski definition) is 0. The molecule has 0 aromatic heterocycles. The van der Waals surface area contributed by atoms with Crippen LogP contribution in [-0.2, 0) is 16.1 Å². The molecule has 1 unspecified atom stereocenters. The quantitative estimate of drug-likeness (QED) is 0.238. The molecule has 0 bridgehead atoms. The molecule has 3 aromatic carbocycles. The van der Waals surface area contributed by atoms with Crippen molar-refractivity contribution in [2.75, 3.05) is 13.7 Å². The van der Waals surface area contributed by atoms with Crippen LogP contribution in [0, 0.1) is 34.9 Å². The van der Waals surface area contributed by atoms with Crippen molar-refractivity contribution in [3.8, 4) is 16.9 Å². The number of epoxide rings is 1. The Hall–Kier alpha value is -3.04. The molecule has 0 amide bonds. The summed E-state index contributed by atoms with van der Waals surface area (Å²) in [5, 5.41) is 0. The highest BCUT2D eigenvalue weighted by molar-refractivity contribution is 5.66. The van der Waals surface area contributed by atoms with E-state index in [1.54, 1.807) is 0 Å². The molecule has 2 fully saturated rings. The maximum atomic E-state index is 14.8. The number of rotatable bonds is 7. The third-order valence-corrected chi connectivity index (χ3v) is 7.13. The summed E-state index contributed by atoms with van der Waals surface area (Å²) < 4.78 is 103. The minimum absolute atomic E-state index is 0.0433. The fourth-order valence-electron chi connectivity index (χ4n) is 4.93. The van der Waals surface area contributed by atoms with Gasteiger partial charge in [-0.25, -0.2) is 22.0 Å². The van der Waals surface area contributed by atoms with Gasteiger partial charge in [-0.3, -0.25) is 0 Å². The molecular formula is C28H24F6O3. The molecule has 1 atom stereocenters. The summed E-state index contributed by atoms with van der Waals surface area (Å²) in [5.41, 5.74) is -0.513. The average molecular weight is 522 g/mol. The zero-order valence-corrected chi connectivity index (χ0v) is 19.9. The van der Waals surface area contributed by atoms with Gasteiger partial charge in [-0.15, -0.1) is 0 Å². The summed E-state index contributed by atoms with van der Waals surface area (Å²) in [6.45, 7) is 0.0602. The standard InChI is InChI=1S/C28H24F6O3/c1-35-21-11-10-17(24(30)28(21)34)14-2-5-16(6-3-14)36-12-15-4-7-18(25(31)23(15)29)19-8-9-20(22-13-37-22)27(33)26(19)32/h4,7-11,14,16,22H,2-3,5-6,12-13H2,1H3. The first-order valence-corrected chi connectivity index (χ1v) is 12.0. The number of hydrogen-bond acceptors (Lipinski definition) is 3. The van der Waals surface area contributed by atoms with Gasteiger partial charge in [0.05, 0.1) is 26.4 Å². The van der Waals surface area contributed by atoms with E-state index in [0.717, 1.165) is 0 Å². The lowest BCUT2D eigenvalue weighted by Gasteiger charge is -2.29. The van der Waals surface area contributed by atoms with Gasteiger partial charge in [-0.05, 0) is 43.2 Å². The second-order valence-electron chi connectivity index (χ2n) is 9.32. The first-order chi connectivity index (χ1) is 17.8. The summed E-state index contributed by atoms with van der Waals surface area (Å²) in [7, 11) is 1.27. The fourth-order valence-corrected chi connectivity index (χ4v) is 4.93. The van der Waals surface area contributed by atoms with E-state index in [1.807, 2.05) is 0 Å². The minimum Gasteiger partial charge on any atom is -0.494 e. The third kappa shape index (κ3) is 4.94. The zero-order valence-electron chi connectivity index (χ0n) is 19.9. The Morgan fingerprint density at radius 2 is 1.30 bits per heavy atom. The molecule has 1 heterocycles. The lowest BCUT2D eigenvalue weighted by atomic mass is 9.82. The molecule has 9 heteroatoms. The average Bonchev–Trinajstić information content (AvgIpc) is 3.74. The van der Waals surface area contributed by atoms with E-state index in [-0.39, 0.29) is 53.2 Å². The summed E-state index contributed by atoms with van der Waals surface area (Å²) in [6, 6.07) is 7.91. The normalized spacial score (nSPS) is 21.2. The molecule has 1 saturated carbocycles. The molecular weight excluding hydrogens is 498 g/mol. The van der Waals surface area contributed by atoms with Gasteiger partial charge in [0.1, 0.15) is 6.10 Å². The lowest BCUT2D eigenvalue weighted by molar-refractivity contribution is 0.0116. The summed E-state index contributed by atoms with van der Waals surface area (Å²) in [5.74, 6) is -7.19. The van der Waals surface area contributed by atoms with Crippen LogP contribution in [0.25, 0.3) is 11.1 Å². The molecule has 2 aliphatic rings. The fraction of sp³-hybridized carbons (Fsp3) is 0.357. The van der Waals surface area contributed by atoms with Crippen LogP contribution in [0.3, 0.4) is 0 Å². The molecule has 1 aliphatic heterocycles. The topological polar surface area (TPSA) is 31.0 Å². The van der Waals surface area contributed by atoms with Gasteiger partial charge in [0.2, 0.25) is 5.82 Å². The molecule has 1 saturated heterocycles. The highest BCUT2D eigenvalue weighted by atomic mass is 19.2. The number of methoxy groups -OCH3 is 1. The van der Waals surface area contributed by atoms with E-state index in [1.165, 1.54) is 43.5 Å². The Bertz CT molecular complexity index is 1320. The van der Waals surface area contributed by atoms with Crippen LogP contribution in [0.2, 0.25) is 0 Å². The molecule has 3 nitrogen and oxygen atoms in total. The van der Waals surface area contributed by atoms with Crippen LogP contribution in [0.5, 0.6) is 5.75 Å². The predicted octanol–water partition coefficient (Wildman–Crippen LogP) is 7.51. The lowest BCUT2D eigenvalue weighted by Crippen LogP contribution is -2.21. The van der Waals surface area contributed by atoms with Gasteiger partial charge in [-0.1, -0.05) is 30.3 Å². The van der Waals surface area contributed by atoms with Crippen LogP contribution in [-0.4, -0.2) is 19.8 Å². The van der Waals surface area contributed by atoms with Gasteiger partial charge >= 0.3 is 0 Å². The second-order valence-corrected chi connectivity index (χ2v) is 9.32. The number of benzene rings is 3. The molecule has 37 heavy (non-hydrogen) atoms. The summed E-state index contributed by atoms with van der Waals surface area (Å²) >= 11 is 0. The number of halogens is 6. The highest BCUT2D eigenvalue weighted by Gasteiger charge is 2.31. The molecule has 0 spiro atoms. The van der Waals surface area contributed by atoms with Gasteiger partial charge in [0.15, 0.2) is 34.8 Å². The van der Waals surface area contributed by atoms with Gasteiger partial charge < -0.3 is 14.2 Å². The van der Waals surface area contributed by atoms with E-state index in [9.17, 15) is 26.3 Å². The van der Waals surface area contributed by atoms with E-state index in [2.05, 4.69) is 0 Å². The molecule has 5 rings (SSSR count). The van der Waals surface area contributed by atoms with E-state index in [4.69, 9.17) is 14.2 Å². The highest BCUT2D eigenvalue weighted by Crippen LogP contribution is 2.39. The van der Waals surface area contributed by atoms with Crippen molar-refractivity contribution >= 4 is 0 Å². The first-order valence-electron chi connectivity index (χ1n) is 12.0. The Morgan fingerprint density at radius 1 is 0.703 bits per heavy atom. The van der Waals surface area contributed by atoms with E-state index in [0.29, 0.717) is 25.7 Å². The maximum Gasteiger partial charge on any atom is 0.200 e. The van der Waals surface area contributed by atoms with Gasteiger partial charge in [-0.2, -0.15) is 4.39 Å². The molecule has 0 N–H and O–H groups in total. The minimum atomic E-state index is -1.30.